The van der Waals surface area contributed by atoms with E-state index in [2.05, 4.69) is 4.98 Å². The normalized spacial score (nSPS) is 12.7. The molecule has 1 aliphatic heterocycles. The first-order valence-electron chi connectivity index (χ1n) is 9.88. The number of thiazole rings is 1. The first-order chi connectivity index (χ1) is 14.9. The quantitative estimate of drug-likeness (QED) is 0.593. The van der Waals surface area contributed by atoms with Gasteiger partial charge in [-0.3, -0.25) is 4.79 Å². The Labute approximate surface area is 185 Å². The third kappa shape index (κ3) is 3.90. The summed E-state index contributed by atoms with van der Waals surface area (Å²) in [4.78, 5) is 22.5. The van der Waals surface area contributed by atoms with E-state index < -0.39 is 0 Å². The lowest BCUT2D eigenvalue weighted by Crippen LogP contribution is -2.38. The van der Waals surface area contributed by atoms with Gasteiger partial charge < -0.3 is 24.0 Å². The van der Waals surface area contributed by atoms with Gasteiger partial charge in [0.25, 0.3) is 5.91 Å². The van der Waals surface area contributed by atoms with Crippen LogP contribution in [0, 0.1) is 6.92 Å². The number of carbonyl (C=O) groups excluding carboxylic acids is 1. The molecule has 0 atom stereocenters. The first kappa shape index (κ1) is 21.0. The monoisotopic (exact) mass is 439 g/mol. The number of aromatic nitrogens is 1. The van der Waals surface area contributed by atoms with E-state index in [-0.39, 0.29) is 5.91 Å². The second kappa shape index (κ2) is 8.47. The molecule has 0 N–H and O–H groups in total. The molecule has 1 aromatic heterocycles. The number of benzene rings is 2. The molecule has 3 aromatic rings. The Morgan fingerprint density at radius 2 is 1.90 bits per heavy atom. The second-order valence-electron chi connectivity index (χ2n) is 7.36. The van der Waals surface area contributed by atoms with E-state index in [9.17, 15) is 4.79 Å². The fourth-order valence-corrected chi connectivity index (χ4v) is 4.52. The van der Waals surface area contributed by atoms with E-state index in [1.165, 1.54) is 11.3 Å². The number of rotatable bonds is 5. The van der Waals surface area contributed by atoms with Gasteiger partial charge in [-0.1, -0.05) is 0 Å². The zero-order chi connectivity index (χ0) is 22.1. The number of amides is 1. The van der Waals surface area contributed by atoms with Gasteiger partial charge in [0.05, 0.1) is 32.1 Å². The zero-order valence-electron chi connectivity index (χ0n) is 18.3. The third-order valence-electron chi connectivity index (χ3n) is 5.19. The van der Waals surface area contributed by atoms with Gasteiger partial charge in [-0.15, -0.1) is 11.3 Å². The molecule has 2 heterocycles. The number of hydrogen-bond acceptors (Lipinski definition) is 7. The molecule has 7 nitrogen and oxygen atoms in total. The molecule has 8 heteroatoms. The maximum absolute atomic E-state index is 13.5. The van der Waals surface area contributed by atoms with Crippen LogP contribution in [0.25, 0.3) is 10.6 Å². The number of fused-ring (bicyclic) bond motifs is 1. The Bertz CT molecular complexity index is 1130. The largest absolute Gasteiger partial charge is 0.493 e. The van der Waals surface area contributed by atoms with E-state index in [4.69, 9.17) is 14.2 Å². The lowest BCUT2D eigenvalue weighted by atomic mass is 10.2. The smallest absolute Gasteiger partial charge is 0.270 e. The van der Waals surface area contributed by atoms with Crippen molar-refractivity contribution in [3.8, 4) is 27.8 Å². The summed E-state index contributed by atoms with van der Waals surface area (Å²) >= 11 is 1.38. The number of hydrogen-bond donors (Lipinski definition) is 0. The summed E-state index contributed by atoms with van der Waals surface area (Å²) in [5, 5.41) is 0.762. The van der Waals surface area contributed by atoms with Crippen LogP contribution < -0.4 is 24.0 Å². The molecule has 4 rings (SSSR count). The van der Waals surface area contributed by atoms with Crippen molar-refractivity contribution in [2.45, 2.75) is 6.92 Å². The van der Waals surface area contributed by atoms with Gasteiger partial charge in [-0.05, 0) is 37.3 Å². The fraction of sp³-hybridized carbons (Fsp3) is 0.304. The van der Waals surface area contributed by atoms with Crippen LogP contribution in [-0.2, 0) is 0 Å². The summed E-state index contributed by atoms with van der Waals surface area (Å²) in [6.07, 6.45) is 0. The number of nitrogens with zero attached hydrogens (tertiary/aromatic N) is 3. The van der Waals surface area contributed by atoms with E-state index in [1.54, 1.807) is 19.1 Å². The summed E-state index contributed by atoms with van der Waals surface area (Å²) in [6, 6.07) is 11.5. The van der Waals surface area contributed by atoms with Crippen LogP contribution in [0.3, 0.4) is 0 Å². The van der Waals surface area contributed by atoms with Gasteiger partial charge in [0, 0.05) is 31.4 Å². The van der Waals surface area contributed by atoms with Crippen LogP contribution in [0.5, 0.6) is 17.2 Å². The van der Waals surface area contributed by atoms with E-state index >= 15 is 0 Å². The molecule has 0 fully saturated rings. The predicted octanol–water partition coefficient (Wildman–Crippen LogP) is 4.24. The van der Waals surface area contributed by atoms with Crippen LogP contribution in [0.4, 0.5) is 11.4 Å². The summed E-state index contributed by atoms with van der Waals surface area (Å²) in [5.41, 5.74) is 3.39. The molecular weight excluding hydrogens is 414 g/mol. The van der Waals surface area contributed by atoms with Crippen molar-refractivity contribution in [1.82, 2.24) is 4.98 Å². The van der Waals surface area contributed by atoms with Gasteiger partial charge >= 0.3 is 0 Å². The predicted molar refractivity (Wildman–Crippen MR) is 123 cm³/mol. The fourth-order valence-electron chi connectivity index (χ4n) is 3.51. The Morgan fingerprint density at radius 3 is 2.61 bits per heavy atom. The minimum atomic E-state index is -0.0659. The number of ether oxygens (including phenoxy) is 3. The Balaban J connectivity index is 1.67. The van der Waals surface area contributed by atoms with Crippen molar-refractivity contribution in [1.29, 1.82) is 0 Å². The molecule has 162 valence electrons. The van der Waals surface area contributed by atoms with Crippen LogP contribution in [0.2, 0.25) is 0 Å². The number of aryl methyl sites for hydroxylation is 1. The van der Waals surface area contributed by atoms with Gasteiger partial charge in [0.15, 0.2) is 11.5 Å². The highest BCUT2D eigenvalue weighted by Crippen LogP contribution is 2.38. The lowest BCUT2D eigenvalue weighted by molar-refractivity contribution is 0.0979. The Kier molecular flexibility index (Phi) is 5.73. The zero-order valence-corrected chi connectivity index (χ0v) is 19.1. The number of anilines is 2. The van der Waals surface area contributed by atoms with Crippen LogP contribution in [0.15, 0.2) is 36.4 Å². The maximum atomic E-state index is 13.5. The summed E-state index contributed by atoms with van der Waals surface area (Å²) < 4.78 is 16.5. The van der Waals surface area contributed by atoms with E-state index in [1.807, 2.05) is 62.3 Å². The molecule has 0 unspecified atom stereocenters. The lowest BCUT2D eigenvalue weighted by Gasteiger charge is -2.30. The standard InChI is InChI=1S/C23H25N3O4S/c1-14-21(31-22(24-14)15-6-9-18(28-4)20(12-15)29-5)23(27)26-10-11-30-19-13-16(25(2)3)7-8-17(19)26/h6-9,12-13H,10-11H2,1-5H3. The summed E-state index contributed by atoms with van der Waals surface area (Å²) in [5.74, 6) is 1.93. The topological polar surface area (TPSA) is 64.1 Å². The van der Waals surface area contributed by atoms with Gasteiger partial charge in [-0.2, -0.15) is 0 Å². The molecule has 0 saturated heterocycles. The van der Waals surface area contributed by atoms with Gasteiger partial charge in [0.1, 0.15) is 22.2 Å². The second-order valence-corrected chi connectivity index (χ2v) is 8.35. The minimum Gasteiger partial charge on any atom is -0.493 e. The molecule has 0 saturated carbocycles. The SMILES string of the molecule is COc1ccc(-c2nc(C)c(C(=O)N3CCOc4cc(N(C)C)ccc43)s2)cc1OC. The molecule has 31 heavy (non-hydrogen) atoms. The highest BCUT2D eigenvalue weighted by molar-refractivity contribution is 7.17. The van der Waals surface area contributed by atoms with Crippen molar-refractivity contribution in [3.05, 3.63) is 47.0 Å². The molecule has 1 aliphatic rings. The van der Waals surface area contributed by atoms with Gasteiger partial charge in [-0.25, -0.2) is 4.98 Å². The Morgan fingerprint density at radius 1 is 1.13 bits per heavy atom. The molecular formula is C23H25N3O4S. The minimum absolute atomic E-state index is 0.0659. The van der Waals surface area contributed by atoms with E-state index in [0.29, 0.717) is 41.0 Å². The maximum Gasteiger partial charge on any atom is 0.270 e. The third-order valence-corrected chi connectivity index (χ3v) is 6.38. The molecule has 2 aromatic carbocycles. The average Bonchev–Trinajstić information content (AvgIpc) is 3.18. The summed E-state index contributed by atoms with van der Waals surface area (Å²) in [7, 11) is 7.15. The average molecular weight is 440 g/mol. The van der Waals surface area contributed by atoms with Crippen molar-refractivity contribution in [3.63, 3.8) is 0 Å². The number of methoxy groups -OCH3 is 2. The molecule has 1 amide bonds. The number of carbonyl (C=O) groups is 1. The van der Waals surface area contributed by atoms with Crippen molar-refractivity contribution in [2.75, 3.05) is 51.3 Å². The van der Waals surface area contributed by atoms with Crippen molar-refractivity contribution >= 4 is 28.6 Å². The first-order valence-corrected chi connectivity index (χ1v) is 10.7. The molecule has 0 radical (unpaired) electrons. The van der Waals surface area contributed by atoms with Crippen LogP contribution in [0.1, 0.15) is 15.4 Å². The summed E-state index contributed by atoms with van der Waals surface area (Å²) in [6.45, 7) is 2.82. The van der Waals surface area contributed by atoms with Crippen molar-refractivity contribution in [2.24, 2.45) is 0 Å². The van der Waals surface area contributed by atoms with Crippen LogP contribution in [-0.4, -0.2) is 52.4 Å². The van der Waals surface area contributed by atoms with E-state index in [0.717, 1.165) is 21.9 Å². The Hall–Kier alpha value is -3.26. The highest BCUT2D eigenvalue weighted by Gasteiger charge is 2.28. The molecule has 0 spiro atoms. The molecule has 0 aliphatic carbocycles. The highest BCUT2D eigenvalue weighted by atomic mass is 32.1. The van der Waals surface area contributed by atoms with Crippen molar-refractivity contribution < 1.29 is 19.0 Å². The molecule has 0 bridgehead atoms. The van der Waals surface area contributed by atoms with Gasteiger partial charge in [0.2, 0.25) is 0 Å². The van der Waals surface area contributed by atoms with Crippen LogP contribution >= 0.6 is 11.3 Å².